The van der Waals surface area contributed by atoms with Crippen molar-refractivity contribution in [2.45, 2.75) is 32.5 Å². The molecular formula is C22H23N3OS. The third-order valence-corrected chi connectivity index (χ3v) is 5.50. The molecule has 0 saturated heterocycles. The van der Waals surface area contributed by atoms with Crippen LogP contribution in [0.1, 0.15) is 27.0 Å². The fourth-order valence-electron chi connectivity index (χ4n) is 2.96. The molecule has 3 rings (SSSR count). The van der Waals surface area contributed by atoms with E-state index < -0.39 is 0 Å². The number of thioether (sulfide) groups is 1. The smallest absolute Gasteiger partial charge is 0.192 e. The number of Topliss-reactive ketones (excluding diaryl/α,β-unsaturated/α-hetero) is 1. The van der Waals surface area contributed by atoms with Crippen molar-refractivity contribution in [3.8, 4) is 11.4 Å². The van der Waals surface area contributed by atoms with E-state index in [2.05, 4.69) is 29.8 Å². The van der Waals surface area contributed by atoms with E-state index in [0.29, 0.717) is 12.3 Å². The summed E-state index contributed by atoms with van der Waals surface area (Å²) in [5.41, 5.74) is 5.13. The van der Waals surface area contributed by atoms with E-state index in [9.17, 15) is 4.79 Å². The summed E-state index contributed by atoms with van der Waals surface area (Å²) in [6.45, 7) is 10.5. The average Bonchev–Trinajstić information content (AvgIpc) is 3.06. The summed E-state index contributed by atoms with van der Waals surface area (Å²) in [5.74, 6) is 1.22. The Kier molecular flexibility index (Phi) is 5.91. The number of allylic oxidation sites excluding steroid dienone is 1. The van der Waals surface area contributed by atoms with Crippen LogP contribution in [-0.4, -0.2) is 26.3 Å². The Hall–Kier alpha value is -2.66. The molecule has 138 valence electrons. The van der Waals surface area contributed by atoms with Gasteiger partial charge in [-0.25, -0.2) is 0 Å². The zero-order valence-corrected chi connectivity index (χ0v) is 16.7. The molecule has 0 N–H and O–H groups in total. The van der Waals surface area contributed by atoms with Crippen LogP contribution in [0.5, 0.6) is 0 Å². The largest absolute Gasteiger partial charge is 0.298 e. The summed E-state index contributed by atoms with van der Waals surface area (Å²) in [7, 11) is 0. The Morgan fingerprint density at radius 2 is 1.78 bits per heavy atom. The normalized spacial score (nSPS) is 10.8. The second-order valence-electron chi connectivity index (χ2n) is 6.53. The highest BCUT2D eigenvalue weighted by molar-refractivity contribution is 7.99. The highest BCUT2D eigenvalue weighted by Gasteiger charge is 2.16. The molecule has 0 radical (unpaired) electrons. The zero-order valence-electron chi connectivity index (χ0n) is 15.9. The maximum atomic E-state index is 12.7. The predicted molar refractivity (Wildman–Crippen MR) is 111 cm³/mol. The van der Waals surface area contributed by atoms with Crippen LogP contribution in [0.15, 0.2) is 60.3 Å². The van der Waals surface area contributed by atoms with Gasteiger partial charge in [0.1, 0.15) is 0 Å². The molecule has 0 bridgehead atoms. The number of carbonyl (C=O) groups is 1. The third-order valence-electron chi connectivity index (χ3n) is 4.53. The van der Waals surface area contributed by atoms with Crippen molar-refractivity contribution in [2.24, 2.45) is 0 Å². The second kappa shape index (κ2) is 8.35. The van der Waals surface area contributed by atoms with Gasteiger partial charge in [-0.3, -0.25) is 9.36 Å². The first kappa shape index (κ1) is 19.1. The molecule has 1 heterocycles. The van der Waals surface area contributed by atoms with Crippen molar-refractivity contribution in [3.63, 3.8) is 0 Å². The SMILES string of the molecule is C=CCn1c(SCC(=O)c2cc(C)c(C)cc2C)nnc1-c1ccccc1. The van der Waals surface area contributed by atoms with E-state index in [1.165, 1.54) is 17.3 Å². The number of nitrogens with zero attached hydrogens (tertiary/aromatic N) is 3. The first-order valence-electron chi connectivity index (χ1n) is 8.84. The van der Waals surface area contributed by atoms with Gasteiger partial charge in [0.25, 0.3) is 0 Å². The Labute approximate surface area is 164 Å². The number of aromatic nitrogens is 3. The van der Waals surface area contributed by atoms with Crippen LogP contribution >= 0.6 is 11.8 Å². The topological polar surface area (TPSA) is 47.8 Å². The van der Waals surface area contributed by atoms with Crippen molar-refractivity contribution in [2.75, 3.05) is 5.75 Å². The molecular weight excluding hydrogens is 354 g/mol. The summed E-state index contributed by atoms with van der Waals surface area (Å²) in [5, 5.41) is 9.36. The molecule has 0 aliphatic rings. The van der Waals surface area contributed by atoms with Gasteiger partial charge in [-0.1, -0.05) is 54.2 Å². The molecule has 0 amide bonds. The first-order chi connectivity index (χ1) is 13.0. The number of hydrogen-bond acceptors (Lipinski definition) is 4. The lowest BCUT2D eigenvalue weighted by atomic mass is 9.99. The summed E-state index contributed by atoms with van der Waals surface area (Å²) in [4.78, 5) is 12.7. The monoisotopic (exact) mass is 377 g/mol. The maximum Gasteiger partial charge on any atom is 0.192 e. The quantitative estimate of drug-likeness (QED) is 0.329. The lowest BCUT2D eigenvalue weighted by Crippen LogP contribution is -2.08. The summed E-state index contributed by atoms with van der Waals surface area (Å²) in [6.07, 6.45) is 1.81. The minimum Gasteiger partial charge on any atom is -0.298 e. The van der Waals surface area contributed by atoms with Crippen LogP contribution in [0.3, 0.4) is 0 Å². The van der Waals surface area contributed by atoms with Gasteiger partial charge in [0.05, 0.1) is 5.75 Å². The number of ketones is 1. The van der Waals surface area contributed by atoms with Gasteiger partial charge in [-0.2, -0.15) is 0 Å². The Morgan fingerprint density at radius 3 is 2.48 bits per heavy atom. The maximum absolute atomic E-state index is 12.7. The first-order valence-corrected chi connectivity index (χ1v) is 9.83. The lowest BCUT2D eigenvalue weighted by molar-refractivity contribution is 0.102. The molecule has 5 heteroatoms. The number of hydrogen-bond donors (Lipinski definition) is 0. The second-order valence-corrected chi connectivity index (χ2v) is 7.48. The van der Waals surface area contributed by atoms with Crippen molar-refractivity contribution in [1.29, 1.82) is 0 Å². The Morgan fingerprint density at radius 1 is 1.07 bits per heavy atom. The van der Waals surface area contributed by atoms with E-state index in [-0.39, 0.29) is 5.78 Å². The molecule has 0 atom stereocenters. The van der Waals surface area contributed by atoms with Gasteiger partial charge in [-0.15, -0.1) is 16.8 Å². The van der Waals surface area contributed by atoms with Crippen LogP contribution in [0.4, 0.5) is 0 Å². The fraction of sp³-hybridized carbons (Fsp3) is 0.227. The van der Waals surface area contributed by atoms with Gasteiger partial charge in [0.15, 0.2) is 16.8 Å². The molecule has 4 nitrogen and oxygen atoms in total. The molecule has 0 saturated carbocycles. The van der Waals surface area contributed by atoms with Crippen LogP contribution in [0.2, 0.25) is 0 Å². The van der Waals surface area contributed by atoms with Crippen LogP contribution in [0, 0.1) is 20.8 Å². The van der Waals surface area contributed by atoms with Gasteiger partial charge >= 0.3 is 0 Å². The molecule has 0 fully saturated rings. The zero-order chi connectivity index (χ0) is 19.4. The van der Waals surface area contributed by atoms with Gasteiger partial charge in [-0.05, 0) is 43.5 Å². The Bertz CT molecular complexity index is 977. The van der Waals surface area contributed by atoms with Crippen LogP contribution < -0.4 is 0 Å². The number of benzene rings is 2. The summed E-state index contributed by atoms with van der Waals surface area (Å²) < 4.78 is 1.99. The molecule has 0 spiro atoms. The molecule has 2 aromatic carbocycles. The van der Waals surface area contributed by atoms with E-state index >= 15 is 0 Å². The summed E-state index contributed by atoms with van der Waals surface area (Å²) in [6, 6.07) is 14.0. The van der Waals surface area contributed by atoms with E-state index in [0.717, 1.165) is 33.2 Å². The third kappa shape index (κ3) is 4.19. The summed E-state index contributed by atoms with van der Waals surface area (Å²) >= 11 is 1.42. The van der Waals surface area contributed by atoms with Crippen molar-refractivity contribution in [1.82, 2.24) is 14.8 Å². The highest BCUT2D eigenvalue weighted by Crippen LogP contribution is 2.25. The minimum atomic E-state index is 0.106. The van der Waals surface area contributed by atoms with Crippen LogP contribution in [0.25, 0.3) is 11.4 Å². The molecule has 0 unspecified atom stereocenters. The lowest BCUT2D eigenvalue weighted by Gasteiger charge is -2.10. The molecule has 0 aliphatic heterocycles. The van der Waals surface area contributed by atoms with Gasteiger partial charge in [0.2, 0.25) is 0 Å². The highest BCUT2D eigenvalue weighted by atomic mass is 32.2. The minimum absolute atomic E-state index is 0.106. The van der Waals surface area contributed by atoms with Gasteiger partial charge < -0.3 is 0 Å². The Balaban J connectivity index is 1.82. The molecule has 0 aliphatic carbocycles. The van der Waals surface area contributed by atoms with Crippen LogP contribution in [-0.2, 0) is 6.54 Å². The van der Waals surface area contributed by atoms with E-state index in [1.807, 2.05) is 60.9 Å². The number of carbonyl (C=O) groups excluding carboxylic acids is 1. The predicted octanol–water partition coefficient (Wildman–Crippen LogP) is 5.03. The van der Waals surface area contributed by atoms with Gasteiger partial charge in [0, 0.05) is 17.7 Å². The van der Waals surface area contributed by atoms with Crippen molar-refractivity contribution < 1.29 is 4.79 Å². The van der Waals surface area contributed by atoms with Crippen molar-refractivity contribution >= 4 is 17.5 Å². The average molecular weight is 378 g/mol. The van der Waals surface area contributed by atoms with E-state index in [1.54, 1.807) is 0 Å². The molecule has 3 aromatic rings. The molecule has 27 heavy (non-hydrogen) atoms. The fourth-order valence-corrected chi connectivity index (χ4v) is 3.79. The standard InChI is InChI=1S/C22H23N3OS/c1-5-11-25-21(18-9-7-6-8-10-18)23-24-22(25)27-14-20(26)19-13-16(3)15(2)12-17(19)4/h5-10,12-13H,1,11,14H2,2-4H3. The van der Waals surface area contributed by atoms with E-state index in [4.69, 9.17) is 0 Å². The number of rotatable bonds is 7. The number of aryl methyl sites for hydroxylation is 3. The van der Waals surface area contributed by atoms with Crippen molar-refractivity contribution in [3.05, 3.63) is 77.4 Å². The molecule has 1 aromatic heterocycles.